The van der Waals surface area contributed by atoms with E-state index >= 15 is 0 Å². The van der Waals surface area contributed by atoms with E-state index in [0.29, 0.717) is 22.9 Å². The van der Waals surface area contributed by atoms with Crippen LogP contribution in [0.5, 0.6) is 0 Å². The zero-order chi connectivity index (χ0) is 18.6. The van der Waals surface area contributed by atoms with Gasteiger partial charge in [-0.2, -0.15) is 4.68 Å². The third-order valence-corrected chi connectivity index (χ3v) is 4.08. The fourth-order valence-corrected chi connectivity index (χ4v) is 2.21. The van der Waals surface area contributed by atoms with Gasteiger partial charge in [-0.05, 0) is 51.5 Å². The number of rotatable bonds is 4. The Hall–Kier alpha value is -2.96. The van der Waals surface area contributed by atoms with Crippen molar-refractivity contribution < 1.29 is 9.59 Å². The standard InChI is InChI=1S/C18H23N5O2/c1-6-11(2)12(3)17(24)23-13(4)20-16(22-23)14-7-9-15(10-8-14)21-18(25)19-5/h7-10H,6H2,1-5H3,(H2,19,21,25)/b12-11+. The number of carbonyl (C=O) groups is 2. The summed E-state index contributed by atoms with van der Waals surface area (Å²) in [6, 6.07) is 6.83. The smallest absolute Gasteiger partial charge is 0.318 e. The first-order valence-electron chi connectivity index (χ1n) is 8.11. The van der Waals surface area contributed by atoms with Crippen molar-refractivity contribution in [1.82, 2.24) is 20.1 Å². The van der Waals surface area contributed by atoms with Crippen LogP contribution in [0.1, 0.15) is 37.8 Å². The summed E-state index contributed by atoms with van der Waals surface area (Å²) in [6.45, 7) is 7.52. The van der Waals surface area contributed by atoms with Crippen LogP contribution in [0.15, 0.2) is 35.4 Å². The highest BCUT2D eigenvalue weighted by Crippen LogP contribution is 2.19. The van der Waals surface area contributed by atoms with Crippen molar-refractivity contribution in [2.75, 3.05) is 12.4 Å². The number of amides is 2. The van der Waals surface area contributed by atoms with E-state index in [4.69, 9.17) is 0 Å². The highest BCUT2D eigenvalue weighted by atomic mass is 16.2. The number of anilines is 1. The monoisotopic (exact) mass is 341 g/mol. The lowest BCUT2D eigenvalue weighted by molar-refractivity contribution is 0.0936. The molecule has 0 aliphatic heterocycles. The summed E-state index contributed by atoms with van der Waals surface area (Å²) in [6.07, 6.45) is 0.817. The molecular formula is C18H23N5O2. The minimum atomic E-state index is -0.287. The Balaban J connectivity index is 2.28. The molecule has 0 aliphatic carbocycles. The fourth-order valence-electron chi connectivity index (χ4n) is 2.21. The van der Waals surface area contributed by atoms with Gasteiger partial charge in [0.15, 0.2) is 5.82 Å². The van der Waals surface area contributed by atoms with Crippen molar-refractivity contribution >= 4 is 17.6 Å². The molecule has 0 saturated heterocycles. The van der Waals surface area contributed by atoms with Gasteiger partial charge in [-0.25, -0.2) is 9.78 Å². The molecule has 2 amide bonds. The molecule has 132 valence electrons. The molecule has 0 radical (unpaired) electrons. The van der Waals surface area contributed by atoms with Crippen LogP contribution in [0.4, 0.5) is 10.5 Å². The lowest BCUT2D eigenvalue weighted by atomic mass is 10.1. The molecule has 2 rings (SSSR count). The Bertz CT molecular complexity index is 818. The van der Waals surface area contributed by atoms with Gasteiger partial charge >= 0.3 is 6.03 Å². The second-order valence-corrected chi connectivity index (χ2v) is 5.74. The van der Waals surface area contributed by atoms with E-state index in [2.05, 4.69) is 20.7 Å². The summed E-state index contributed by atoms with van der Waals surface area (Å²) >= 11 is 0. The number of aryl methyl sites for hydroxylation is 1. The SMILES string of the molecule is CC/C(C)=C(\C)C(=O)n1nc(-c2ccc(NC(=O)NC)cc2)nc1C. The highest BCUT2D eigenvalue weighted by Gasteiger charge is 2.17. The summed E-state index contributed by atoms with van der Waals surface area (Å²) in [5.41, 5.74) is 3.15. The number of hydrogen-bond acceptors (Lipinski definition) is 4. The van der Waals surface area contributed by atoms with Crippen LogP contribution in [0.2, 0.25) is 0 Å². The average molecular weight is 341 g/mol. The van der Waals surface area contributed by atoms with Crippen molar-refractivity contribution in [3.05, 3.63) is 41.2 Å². The van der Waals surface area contributed by atoms with E-state index in [1.807, 2.05) is 13.8 Å². The molecule has 0 unspecified atom stereocenters. The molecule has 1 aromatic heterocycles. The molecule has 25 heavy (non-hydrogen) atoms. The lowest BCUT2D eigenvalue weighted by Crippen LogP contribution is -2.24. The van der Waals surface area contributed by atoms with Crippen LogP contribution in [-0.2, 0) is 0 Å². The Labute approximate surface area is 147 Å². The second kappa shape index (κ2) is 7.74. The summed E-state index contributed by atoms with van der Waals surface area (Å²) < 4.78 is 1.33. The minimum Gasteiger partial charge on any atom is -0.341 e. The zero-order valence-electron chi connectivity index (χ0n) is 15.2. The summed E-state index contributed by atoms with van der Waals surface area (Å²) in [5.74, 6) is 0.851. The topological polar surface area (TPSA) is 88.9 Å². The Morgan fingerprint density at radius 2 is 1.80 bits per heavy atom. The highest BCUT2D eigenvalue weighted by molar-refractivity contribution is 5.95. The maximum absolute atomic E-state index is 12.6. The number of allylic oxidation sites excluding steroid dienone is 2. The molecule has 0 bridgehead atoms. The van der Waals surface area contributed by atoms with Crippen molar-refractivity contribution in [2.24, 2.45) is 0 Å². The van der Waals surface area contributed by atoms with E-state index < -0.39 is 0 Å². The molecule has 7 heteroatoms. The van der Waals surface area contributed by atoms with Gasteiger partial charge in [-0.1, -0.05) is 12.5 Å². The number of nitrogens with zero attached hydrogens (tertiary/aromatic N) is 3. The van der Waals surface area contributed by atoms with Crippen molar-refractivity contribution in [2.45, 2.75) is 34.1 Å². The predicted octanol–water partition coefficient (Wildman–Crippen LogP) is 3.39. The van der Waals surface area contributed by atoms with E-state index in [1.165, 1.54) is 4.68 Å². The van der Waals surface area contributed by atoms with Crippen LogP contribution in [0.25, 0.3) is 11.4 Å². The third-order valence-electron chi connectivity index (χ3n) is 4.08. The molecular weight excluding hydrogens is 318 g/mol. The lowest BCUT2D eigenvalue weighted by Gasteiger charge is -2.05. The molecule has 1 aromatic carbocycles. The molecule has 0 fully saturated rings. The molecule has 0 saturated carbocycles. The first-order chi connectivity index (χ1) is 11.9. The van der Waals surface area contributed by atoms with Gasteiger partial charge in [-0.15, -0.1) is 5.10 Å². The van der Waals surface area contributed by atoms with Crippen LogP contribution >= 0.6 is 0 Å². The van der Waals surface area contributed by atoms with Crippen molar-refractivity contribution in [3.63, 3.8) is 0 Å². The zero-order valence-corrected chi connectivity index (χ0v) is 15.2. The normalized spacial score (nSPS) is 11.7. The molecule has 0 atom stereocenters. The van der Waals surface area contributed by atoms with Crippen LogP contribution in [-0.4, -0.2) is 33.8 Å². The van der Waals surface area contributed by atoms with E-state index in [9.17, 15) is 9.59 Å². The number of aromatic nitrogens is 3. The predicted molar refractivity (Wildman–Crippen MR) is 97.6 cm³/mol. The quantitative estimate of drug-likeness (QED) is 0.834. The Morgan fingerprint density at radius 1 is 1.16 bits per heavy atom. The maximum Gasteiger partial charge on any atom is 0.318 e. The fraction of sp³-hybridized carbons (Fsp3) is 0.333. The number of benzene rings is 1. The molecule has 1 heterocycles. The van der Waals surface area contributed by atoms with E-state index in [0.717, 1.165) is 17.6 Å². The van der Waals surface area contributed by atoms with Gasteiger partial charge < -0.3 is 10.6 Å². The maximum atomic E-state index is 12.6. The van der Waals surface area contributed by atoms with Crippen LogP contribution in [0.3, 0.4) is 0 Å². The number of hydrogen-bond donors (Lipinski definition) is 2. The first kappa shape index (κ1) is 18.4. The summed E-state index contributed by atoms with van der Waals surface area (Å²) in [7, 11) is 1.55. The molecule has 0 aliphatic rings. The van der Waals surface area contributed by atoms with E-state index in [-0.39, 0.29) is 11.9 Å². The second-order valence-electron chi connectivity index (χ2n) is 5.74. The molecule has 0 spiro atoms. The average Bonchev–Trinajstić information content (AvgIpc) is 3.01. The molecule has 7 nitrogen and oxygen atoms in total. The number of urea groups is 1. The number of nitrogens with one attached hydrogen (secondary N) is 2. The van der Waals surface area contributed by atoms with E-state index in [1.54, 1.807) is 45.2 Å². The van der Waals surface area contributed by atoms with Gasteiger partial charge in [0.25, 0.3) is 5.91 Å². The van der Waals surface area contributed by atoms with Gasteiger partial charge in [0.2, 0.25) is 0 Å². The van der Waals surface area contributed by atoms with Gasteiger partial charge in [0.1, 0.15) is 5.82 Å². The Morgan fingerprint density at radius 3 is 2.36 bits per heavy atom. The third kappa shape index (κ3) is 4.12. The number of carbonyl (C=O) groups excluding carboxylic acids is 2. The largest absolute Gasteiger partial charge is 0.341 e. The summed E-state index contributed by atoms with van der Waals surface area (Å²) in [4.78, 5) is 28.3. The molecule has 2 aromatic rings. The van der Waals surface area contributed by atoms with Gasteiger partial charge in [0, 0.05) is 23.9 Å². The van der Waals surface area contributed by atoms with Crippen LogP contribution in [0, 0.1) is 6.92 Å². The summed E-state index contributed by atoms with van der Waals surface area (Å²) in [5, 5.41) is 9.52. The Kier molecular flexibility index (Phi) is 5.69. The van der Waals surface area contributed by atoms with Crippen LogP contribution < -0.4 is 10.6 Å². The van der Waals surface area contributed by atoms with Crippen molar-refractivity contribution in [1.29, 1.82) is 0 Å². The minimum absolute atomic E-state index is 0.159. The first-order valence-corrected chi connectivity index (χ1v) is 8.11. The van der Waals surface area contributed by atoms with Gasteiger partial charge in [0.05, 0.1) is 0 Å². The van der Waals surface area contributed by atoms with Crippen molar-refractivity contribution in [3.8, 4) is 11.4 Å². The van der Waals surface area contributed by atoms with Gasteiger partial charge in [-0.3, -0.25) is 4.79 Å². The molecule has 2 N–H and O–H groups in total.